The standard InChI is InChI=1S/C54H75N13O19/c1-26(2)17-35(60-48(79)36(18-28-6-10-31(71)11-7-28)61-45(76)33-5-4-16-57-33)47(78)62-37(19-29-8-12-32(72)13-9-29)49(80)65-41(24-69)52(83)66-40(23-68)51(82)63-38(21-43(74)75)50(81)67-44(27(3)70)53(84)59-34(14-15-42(55)73)46(77)64-39(54(85)86)20-30-22-56-25-58-30/h6-13,22,25-27,33-41,44,57,68-72H,4-5,14-21,23-24H2,1-3H3,(H2,55,73)(H,56,58)(H,59,84)(H,60,79)(H,61,76)(H,62,78)(H,63,82)(H,64,77)(H,65,80)(H,66,83)(H,67,81)(H,74,75)(H,85,86)/t27-,33+,34+,35+,36+,37+,38+,39+,40+,41+,44+/m1/s1. The zero-order valence-electron chi connectivity index (χ0n) is 47.2. The Morgan fingerprint density at radius 2 is 1.03 bits per heavy atom. The predicted octanol–water partition coefficient (Wildman–Crippen LogP) is -5.80. The Labute approximate surface area is 492 Å². The van der Waals surface area contributed by atoms with E-state index in [2.05, 4.69) is 52.5 Å². The maximum absolute atomic E-state index is 14.3. The monoisotopic (exact) mass is 1210 g/mol. The van der Waals surface area contributed by atoms with Crippen LogP contribution in [0.2, 0.25) is 0 Å². The summed E-state index contributed by atoms with van der Waals surface area (Å²) in [5.74, 6) is -14.6. The second-order valence-electron chi connectivity index (χ2n) is 20.8. The van der Waals surface area contributed by atoms with Gasteiger partial charge < -0.3 is 99.6 Å². The fourth-order valence-corrected chi connectivity index (χ4v) is 8.74. The van der Waals surface area contributed by atoms with Gasteiger partial charge in [0.1, 0.15) is 65.9 Å². The number of nitrogens with zero attached hydrogens (tertiary/aromatic N) is 1. The molecule has 0 bridgehead atoms. The summed E-state index contributed by atoms with van der Waals surface area (Å²) in [6, 6.07) is -4.99. The van der Waals surface area contributed by atoms with E-state index in [1.165, 1.54) is 48.9 Å². The van der Waals surface area contributed by atoms with Crippen molar-refractivity contribution < 1.29 is 93.3 Å². The van der Waals surface area contributed by atoms with Crippen LogP contribution in [-0.2, 0) is 76.8 Å². The smallest absolute Gasteiger partial charge is 0.326 e. The summed E-state index contributed by atoms with van der Waals surface area (Å²) in [4.78, 5) is 166. The third kappa shape index (κ3) is 22.7. The Balaban J connectivity index is 1.50. The number of carboxylic acid groups (broad SMARTS) is 2. The highest BCUT2D eigenvalue weighted by molar-refractivity contribution is 5.99. The van der Waals surface area contributed by atoms with Crippen LogP contribution in [0.5, 0.6) is 11.5 Å². The number of aromatic nitrogens is 2. The molecule has 20 N–H and O–H groups in total. The van der Waals surface area contributed by atoms with E-state index in [0.717, 1.165) is 13.3 Å². The number of phenols is 2. The Morgan fingerprint density at radius 3 is 1.49 bits per heavy atom. The molecule has 0 radical (unpaired) electrons. The van der Waals surface area contributed by atoms with E-state index >= 15 is 0 Å². The summed E-state index contributed by atoms with van der Waals surface area (Å²) in [6.45, 7) is 2.64. The Hall–Kier alpha value is -9.27. The largest absolute Gasteiger partial charge is 0.508 e. The number of rotatable bonds is 35. The molecule has 32 nitrogen and oxygen atoms in total. The number of imidazole rings is 1. The van der Waals surface area contributed by atoms with Gasteiger partial charge in [0.05, 0.1) is 38.1 Å². The highest BCUT2D eigenvalue weighted by atomic mass is 16.4. The van der Waals surface area contributed by atoms with Gasteiger partial charge in [-0.15, -0.1) is 0 Å². The number of nitrogens with two attached hydrogens (primary N) is 1. The van der Waals surface area contributed by atoms with Gasteiger partial charge >= 0.3 is 11.9 Å². The number of nitrogens with one attached hydrogen (secondary N) is 11. The molecular weight excluding hydrogens is 1130 g/mol. The minimum Gasteiger partial charge on any atom is -0.508 e. The Morgan fingerprint density at radius 1 is 0.581 bits per heavy atom. The van der Waals surface area contributed by atoms with Crippen LogP contribution in [0, 0.1) is 5.92 Å². The van der Waals surface area contributed by atoms with Gasteiger partial charge in [0.25, 0.3) is 0 Å². The van der Waals surface area contributed by atoms with Crippen molar-refractivity contribution >= 4 is 71.0 Å². The number of carboxylic acids is 2. The summed E-state index contributed by atoms with van der Waals surface area (Å²) >= 11 is 0. The number of phenolic OH excluding ortho intramolecular Hbond substituents is 2. The highest BCUT2D eigenvalue weighted by Gasteiger charge is 2.38. The molecule has 4 rings (SSSR count). The SMILES string of the molecule is CC(C)C[C@H](NC(=O)[C@H](Cc1ccc(O)cc1)NC(=O)[C@@H]1CCCN1)C(=O)N[C@@H](Cc1ccc(O)cc1)C(=O)N[C@@H](CO)C(=O)N[C@@H](CO)C(=O)N[C@@H](CC(=O)O)C(=O)N[C@H](C(=O)N[C@@H](CCC(N)=O)C(=O)N[C@@H](Cc1cnc[nH]1)C(=O)O)[C@@H](C)O. The number of aromatic hydroxyl groups is 2. The maximum atomic E-state index is 14.3. The number of aliphatic hydroxyl groups excluding tert-OH is 3. The first-order valence-electron chi connectivity index (χ1n) is 27.3. The third-order valence-electron chi connectivity index (χ3n) is 13.3. The molecule has 10 amide bonds. The van der Waals surface area contributed by atoms with Gasteiger partial charge in [-0.25, -0.2) is 9.78 Å². The number of primary amides is 1. The van der Waals surface area contributed by atoms with Crippen LogP contribution in [0.3, 0.4) is 0 Å². The van der Waals surface area contributed by atoms with E-state index in [0.29, 0.717) is 29.8 Å². The number of benzene rings is 2. The van der Waals surface area contributed by atoms with Crippen LogP contribution in [-0.4, -0.2) is 203 Å². The van der Waals surface area contributed by atoms with E-state index in [4.69, 9.17) is 5.73 Å². The lowest BCUT2D eigenvalue weighted by atomic mass is 9.99. The summed E-state index contributed by atoms with van der Waals surface area (Å²) in [7, 11) is 0. The fraction of sp³-hybridized carbons (Fsp3) is 0.500. The summed E-state index contributed by atoms with van der Waals surface area (Å²) in [6.07, 6.45) is -1.00. The lowest BCUT2D eigenvalue weighted by molar-refractivity contribution is -0.142. The molecular formula is C54H75N13O19. The van der Waals surface area contributed by atoms with Crippen LogP contribution in [0.25, 0.3) is 0 Å². The van der Waals surface area contributed by atoms with Gasteiger partial charge in [-0.05, 0) is 80.5 Å². The zero-order valence-corrected chi connectivity index (χ0v) is 47.2. The van der Waals surface area contributed by atoms with Crippen molar-refractivity contribution in [3.05, 3.63) is 77.9 Å². The molecule has 1 fully saturated rings. The first kappa shape index (κ1) is 69.2. The van der Waals surface area contributed by atoms with Gasteiger partial charge in [-0.1, -0.05) is 38.1 Å². The quantitative estimate of drug-likeness (QED) is 0.0261. The van der Waals surface area contributed by atoms with E-state index < -0.39 is 170 Å². The lowest BCUT2D eigenvalue weighted by Gasteiger charge is -2.28. The molecule has 2 aromatic carbocycles. The number of aromatic amines is 1. The number of aliphatic hydroxyl groups is 3. The topological polar surface area (TPSA) is 521 Å². The van der Waals surface area contributed by atoms with Gasteiger partial charge in [-0.3, -0.25) is 52.7 Å². The molecule has 0 spiro atoms. The highest BCUT2D eigenvalue weighted by Crippen LogP contribution is 2.16. The van der Waals surface area contributed by atoms with E-state index in [9.17, 15) is 93.3 Å². The Bertz CT molecular complexity index is 2830. The second-order valence-corrected chi connectivity index (χ2v) is 20.8. The number of aliphatic carboxylic acids is 2. The van der Waals surface area contributed by atoms with E-state index in [-0.39, 0.29) is 43.1 Å². The van der Waals surface area contributed by atoms with Crippen molar-refractivity contribution in [2.75, 3.05) is 19.8 Å². The van der Waals surface area contributed by atoms with Gasteiger partial charge in [0.15, 0.2) is 0 Å². The average molecular weight is 1210 g/mol. The van der Waals surface area contributed by atoms with Crippen LogP contribution in [0.1, 0.15) is 76.1 Å². The van der Waals surface area contributed by atoms with Gasteiger partial charge in [0.2, 0.25) is 59.1 Å². The number of hydrogen-bond donors (Lipinski definition) is 19. The van der Waals surface area contributed by atoms with E-state index in [1.54, 1.807) is 26.0 Å². The van der Waals surface area contributed by atoms with Crippen LogP contribution < -0.4 is 58.9 Å². The van der Waals surface area contributed by atoms with Crippen molar-refractivity contribution in [2.24, 2.45) is 11.7 Å². The fourth-order valence-electron chi connectivity index (χ4n) is 8.74. The minimum atomic E-state index is -2.15. The number of hydrogen-bond acceptors (Lipinski definition) is 19. The van der Waals surface area contributed by atoms with Crippen molar-refractivity contribution in [1.82, 2.24) is 63.1 Å². The van der Waals surface area contributed by atoms with Gasteiger partial charge in [-0.2, -0.15) is 0 Å². The second kappa shape index (κ2) is 33.9. The molecule has 2 heterocycles. The molecule has 0 saturated carbocycles. The number of H-pyrrole nitrogens is 1. The minimum absolute atomic E-state index is 0.000273. The molecule has 1 aliphatic rings. The lowest BCUT2D eigenvalue weighted by Crippen LogP contribution is -2.62. The summed E-state index contributed by atoms with van der Waals surface area (Å²) in [5.41, 5.74) is 6.46. The normalized spacial score (nSPS) is 16.3. The molecule has 1 aliphatic heterocycles. The van der Waals surface area contributed by atoms with Crippen molar-refractivity contribution in [3.63, 3.8) is 0 Å². The third-order valence-corrected chi connectivity index (χ3v) is 13.3. The van der Waals surface area contributed by atoms with Crippen LogP contribution in [0.15, 0.2) is 61.1 Å². The van der Waals surface area contributed by atoms with Crippen LogP contribution in [0.4, 0.5) is 0 Å². The number of carbonyl (C=O) groups is 12. The Kier molecular flexibility index (Phi) is 27.3. The number of amides is 10. The number of carbonyl (C=O) groups excluding carboxylic acids is 10. The molecule has 0 unspecified atom stereocenters. The summed E-state index contributed by atoms with van der Waals surface area (Å²) < 4.78 is 0. The first-order chi connectivity index (χ1) is 40.7. The molecule has 32 heteroatoms. The first-order valence-corrected chi connectivity index (χ1v) is 27.3. The average Bonchev–Trinajstić information content (AvgIpc) is 4.08. The van der Waals surface area contributed by atoms with E-state index in [1.807, 2.05) is 10.6 Å². The molecule has 1 aromatic heterocycles. The maximum Gasteiger partial charge on any atom is 0.326 e. The summed E-state index contributed by atoms with van der Waals surface area (Å²) in [5, 5.41) is 94.4. The molecule has 86 heavy (non-hydrogen) atoms. The molecule has 11 atom stereocenters. The molecule has 0 aliphatic carbocycles. The molecule has 470 valence electrons. The van der Waals surface area contributed by atoms with Gasteiger partial charge in [0, 0.05) is 37.6 Å². The van der Waals surface area contributed by atoms with Crippen molar-refractivity contribution in [2.45, 2.75) is 145 Å². The van der Waals surface area contributed by atoms with Crippen molar-refractivity contribution in [1.29, 1.82) is 0 Å². The molecule has 3 aromatic rings. The molecule has 1 saturated heterocycles. The zero-order chi connectivity index (χ0) is 63.8. The van der Waals surface area contributed by atoms with Crippen molar-refractivity contribution in [3.8, 4) is 11.5 Å². The predicted molar refractivity (Wildman–Crippen MR) is 298 cm³/mol. The van der Waals surface area contributed by atoms with Crippen LogP contribution >= 0.6 is 0 Å².